The molecule has 0 atom stereocenters. The number of hydrogen-bond acceptors (Lipinski definition) is 2. The number of rotatable bonds is 7. The molecule has 0 spiro atoms. The lowest BCUT2D eigenvalue weighted by Gasteiger charge is -2.01. The first kappa shape index (κ1) is 15.5. The van der Waals surface area contributed by atoms with E-state index in [1.54, 1.807) is 0 Å². The Bertz CT molecular complexity index is 678. The van der Waals surface area contributed by atoms with Gasteiger partial charge in [0.25, 0.3) is 0 Å². The first-order chi connectivity index (χ1) is 10.9. The quantitative estimate of drug-likeness (QED) is 0.401. The maximum absolute atomic E-state index is 2.42. The van der Waals surface area contributed by atoms with Gasteiger partial charge in [0, 0.05) is 14.6 Å². The standard InChI is InChI=1S/C20H22S2/c1-2-3-4-6-12-17-15-19(16-10-7-5-8-11-16)22-20(17)18-13-9-14-21-18/h5,7-11,13-15H,2-4,6,12H2,1H3. The molecule has 114 valence electrons. The highest BCUT2D eigenvalue weighted by atomic mass is 32.1. The van der Waals surface area contributed by atoms with Crippen molar-refractivity contribution in [2.75, 3.05) is 0 Å². The van der Waals surface area contributed by atoms with Crippen molar-refractivity contribution < 1.29 is 0 Å². The van der Waals surface area contributed by atoms with E-state index in [4.69, 9.17) is 0 Å². The second-order valence-corrected chi connectivity index (χ2v) is 7.62. The zero-order valence-electron chi connectivity index (χ0n) is 13.0. The van der Waals surface area contributed by atoms with Gasteiger partial charge in [-0.25, -0.2) is 0 Å². The van der Waals surface area contributed by atoms with Crippen LogP contribution in [-0.2, 0) is 6.42 Å². The van der Waals surface area contributed by atoms with Gasteiger partial charge in [0.1, 0.15) is 0 Å². The number of unbranched alkanes of at least 4 members (excludes halogenated alkanes) is 3. The van der Waals surface area contributed by atoms with Crippen LogP contribution in [0.3, 0.4) is 0 Å². The molecule has 0 radical (unpaired) electrons. The van der Waals surface area contributed by atoms with Gasteiger partial charge in [-0.2, -0.15) is 0 Å². The molecule has 0 nitrogen and oxygen atoms in total. The summed E-state index contributed by atoms with van der Waals surface area (Å²) in [7, 11) is 0. The van der Waals surface area contributed by atoms with Crippen LogP contribution in [-0.4, -0.2) is 0 Å². The fourth-order valence-corrected chi connectivity index (χ4v) is 4.82. The van der Waals surface area contributed by atoms with E-state index in [-0.39, 0.29) is 0 Å². The van der Waals surface area contributed by atoms with Gasteiger partial charge in [-0.15, -0.1) is 22.7 Å². The predicted molar refractivity (Wildman–Crippen MR) is 101 cm³/mol. The third-order valence-corrected chi connectivity index (χ3v) is 6.19. The summed E-state index contributed by atoms with van der Waals surface area (Å²) < 4.78 is 0. The van der Waals surface area contributed by atoms with Crippen LogP contribution in [0.1, 0.15) is 38.2 Å². The molecular weight excluding hydrogens is 304 g/mol. The van der Waals surface area contributed by atoms with Gasteiger partial charge in [0.05, 0.1) is 0 Å². The van der Waals surface area contributed by atoms with Crippen LogP contribution in [0, 0.1) is 0 Å². The van der Waals surface area contributed by atoms with Gasteiger partial charge >= 0.3 is 0 Å². The van der Waals surface area contributed by atoms with E-state index < -0.39 is 0 Å². The van der Waals surface area contributed by atoms with Crippen molar-refractivity contribution in [1.82, 2.24) is 0 Å². The molecule has 0 fully saturated rings. The summed E-state index contributed by atoms with van der Waals surface area (Å²) in [5.41, 5.74) is 2.87. The molecule has 3 aromatic rings. The summed E-state index contributed by atoms with van der Waals surface area (Å²) in [6.07, 6.45) is 6.51. The lowest BCUT2D eigenvalue weighted by molar-refractivity contribution is 0.668. The molecule has 0 saturated carbocycles. The Morgan fingerprint density at radius 1 is 0.864 bits per heavy atom. The molecule has 0 amide bonds. The van der Waals surface area contributed by atoms with Crippen molar-refractivity contribution in [3.05, 3.63) is 59.5 Å². The normalized spacial score (nSPS) is 11.0. The highest BCUT2D eigenvalue weighted by Gasteiger charge is 2.12. The van der Waals surface area contributed by atoms with E-state index in [1.165, 1.54) is 57.9 Å². The molecule has 2 heterocycles. The van der Waals surface area contributed by atoms with Crippen LogP contribution in [0.25, 0.3) is 20.2 Å². The van der Waals surface area contributed by atoms with Gasteiger partial charge in [0.15, 0.2) is 0 Å². The molecule has 1 aromatic carbocycles. The molecular formula is C20H22S2. The highest BCUT2D eigenvalue weighted by molar-refractivity contribution is 7.23. The molecule has 0 aliphatic heterocycles. The van der Waals surface area contributed by atoms with E-state index in [0.29, 0.717) is 0 Å². The Kier molecular flexibility index (Phi) is 5.47. The average molecular weight is 327 g/mol. The van der Waals surface area contributed by atoms with E-state index in [9.17, 15) is 0 Å². The van der Waals surface area contributed by atoms with Crippen molar-refractivity contribution in [2.45, 2.75) is 39.0 Å². The third-order valence-electron chi connectivity index (χ3n) is 3.91. The number of benzene rings is 1. The first-order valence-corrected chi connectivity index (χ1v) is 9.80. The fraction of sp³-hybridized carbons (Fsp3) is 0.300. The van der Waals surface area contributed by atoms with Crippen LogP contribution in [0.5, 0.6) is 0 Å². The molecule has 3 rings (SSSR count). The van der Waals surface area contributed by atoms with Gasteiger partial charge in [-0.3, -0.25) is 0 Å². The molecule has 0 N–H and O–H groups in total. The Labute approximate surface area is 141 Å². The Morgan fingerprint density at radius 3 is 2.45 bits per heavy atom. The zero-order chi connectivity index (χ0) is 15.2. The molecule has 2 aromatic heterocycles. The highest BCUT2D eigenvalue weighted by Crippen LogP contribution is 2.40. The summed E-state index contributed by atoms with van der Waals surface area (Å²) >= 11 is 3.80. The Morgan fingerprint density at radius 2 is 1.73 bits per heavy atom. The van der Waals surface area contributed by atoms with Gasteiger partial charge in [-0.05, 0) is 41.5 Å². The van der Waals surface area contributed by atoms with E-state index in [0.717, 1.165) is 0 Å². The minimum absolute atomic E-state index is 1.20. The van der Waals surface area contributed by atoms with Crippen LogP contribution in [0.2, 0.25) is 0 Å². The van der Waals surface area contributed by atoms with Gasteiger partial charge in [0.2, 0.25) is 0 Å². The number of aryl methyl sites for hydroxylation is 1. The first-order valence-electron chi connectivity index (χ1n) is 8.10. The molecule has 0 unspecified atom stereocenters. The molecule has 22 heavy (non-hydrogen) atoms. The Hall–Kier alpha value is -1.38. The van der Waals surface area contributed by atoms with Crippen LogP contribution >= 0.6 is 22.7 Å². The summed E-state index contributed by atoms with van der Waals surface area (Å²) in [4.78, 5) is 4.29. The van der Waals surface area contributed by atoms with Crippen LogP contribution in [0.4, 0.5) is 0 Å². The van der Waals surface area contributed by atoms with Crippen molar-refractivity contribution in [2.24, 2.45) is 0 Å². The minimum Gasteiger partial charge on any atom is -0.143 e. The molecule has 0 aliphatic carbocycles. The average Bonchev–Trinajstić information content (AvgIpc) is 3.21. The van der Waals surface area contributed by atoms with Crippen molar-refractivity contribution in [3.63, 3.8) is 0 Å². The lowest BCUT2D eigenvalue weighted by Crippen LogP contribution is -1.85. The summed E-state index contributed by atoms with van der Waals surface area (Å²) in [5.74, 6) is 0. The predicted octanol–water partition coefficient (Wildman–Crippen LogP) is 7.27. The minimum atomic E-state index is 1.20. The maximum Gasteiger partial charge on any atom is 0.0481 e. The Balaban J connectivity index is 1.87. The van der Waals surface area contributed by atoms with Crippen molar-refractivity contribution in [3.8, 4) is 20.2 Å². The van der Waals surface area contributed by atoms with E-state index >= 15 is 0 Å². The molecule has 2 heteroatoms. The third kappa shape index (κ3) is 3.68. The van der Waals surface area contributed by atoms with Crippen molar-refractivity contribution >= 4 is 22.7 Å². The number of thiophene rings is 2. The summed E-state index contributed by atoms with van der Waals surface area (Å²) in [5, 5.41) is 2.18. The number of hydrogen-bond donors (Lipinski definition) is 0. The smallest absolute Gasteiger partial charge is 0.0481 e. The summed E-state index contributed by atoms with van der Waals surface area (Å²) in [6.45, 7) is 2.27. The summed E-state index contributed by atoms with van der Waals surface area (Å²) in [6, 6.07) is 17.6. The second-order valence-electron chi connectivity index (χ2n) is 5.62. The molecule has 0 aliphatic rings. The second kappa shape index (κ2) is 7.75. The molecule has 0 bridgehead atoms. The van der Waals surface area contributed by atoms with Crippen molar-refractivity contribution in [1.29, 1.82) is 0 Å². The van der Waals surface area contributed by atoms with Crippen LogP contribution < -0.4 is 0 Å². The SMILES string of the molecule is CCCCCCc1cc(-c2ccccc2)sc1-c1cccs1. The largest absolute Gasteiger partial charge is 0.143 e. The molecule has 0 saturated heterocycles. The maximum atomic E-state index is 2.42. The fourth-order valence-electron chi connectivity index (χ4n) is 2.72. The van der Waals surface area contributed by atoms with Crippen LogP contribution in [0.15, 0.2) is 53.9 Å². The zero-order valence-corrected chi connectivity index (χ0v) is 14.7. The lowest BCUT2D eigenvalue weighted by atomic mass is 10.0. The monoisotopic (exact) mass is 326 g/mol. The van der Waals surface area contributed by atoms with Gasteiger partial charge < -0.3 is 0 Å². The van der Waals surface area contributed by atoms with E-state index in [2.05, 4.69) is 60.8 Å². The topological polar surface area (TPSA) is 0 Å². The van der Waals surface area contributed by atoms with Gasteiger partial charge in [-0.1, -0.05) is 62.6 Å². The van der Waals surface area contributed by atoms with E-state index in [1.807, 2.05) is 22.7 Å².